The van der Waals surface area contributed by atoms with Gasteiger partial charge in [-0.05, 0) is 96.1 Å². The molecule has 198 valence electrons. The fourth-order valence-electron chi connectivity index (χ4n) is 4.41. The first kappa shape index (κ1) is 29.7. The maximum atomic E-state index is 12.7. The summed E-state index contributed by atoms with van der Waals surface area (Å²) in [6, 6.07) is 6.10. The van der Waals surface area contributed by atoms with Crippen molar-refractivity contribution >= 4 is 30.0 Å². The van der Waals surface area contributed by atoms with Gasteiger partial charge in [0.05, 0.1) is 12.9 Å². The predicted octanol–water partition coefficient (Wildman–Crippen LogP) is 8.41. The molecule has 0 aliphatic carbocycles. The molecule has 1 saturated heterocycles. The third-order valence-corrected chi connectivity index (χ3v) is 6.23. The molecule has 1 unspecified atom stereocenters. The van der Waals surface area contributed by atoms with Crippen LogP contribution in [0.3, 0.4) is 0 Å². The van der Waals surface area contributed by atoms with E-state index in [4.69, 9.17) is 26.1 Å². The average Bonchev–Trinajstić information content (AvgIpc) is 2.81. The summed E-state index contributed by atoms with van der Waals surface area (Å²) in [6.45, 7) is 16.0. The molecule has 1 fully saturated rings. The van der Waals surface area contributed by atoms with E-state index in [1.54, 1.807) is 6.26 Å². The third kappa shape index (κ3) is 9.16. The summed E-state index contributed by atoms with van der Waals surface area (Å²) in [4.78, 5) is 19.4. The van der Waals surface area contributed by atoms with E-state index in [1.807, 2.05) is 63.1 Å². The number of carbonyl (C=O) groups excluding carboxylic acids is 1. The number of halogens is 1. The largest absolute Gasteiger partial charge is 0.501 e. The van der Waals surface area contributed by atoms with E-state index in [0.717, 1.165) is 30.5 Å². The van der Waals surface area contributed by atoms with Crippen LogP contribution in [0.25, 0.3) is 6.08 Å². The summed E-state index contributed by atoms with van der Waals surface area (Å²) in [6.07, 6.45) is 12.0. The van der Waals surface area contributed by atoms with Gasteiger partial charge in [0, 0.05) is 35.9 Å². The highest BCUT2D eigenvalue weighted by atomic mass is 35.5. The number of piperidine rings is 1. The topological polar surface area (TPSA) is 51.1 Å². The molecule has 0 saturated carbocycles. The Morgan fingerprint density at radius 1 is 1.19 bits per heavy atom. The molecule has 1 amide bonds. The molecule has 1 aliphatic rings. The number of hydrogen-bond acceptors (Lipinski definition) is 4. The number of carbonyl (C=O) groups is 1. The molecular formula is C30H43ClN2O3. The maximum Gasteiger partial charge on any atom is 0.410 e. The molecule has 2 rings (SSSR count). The molecular weight excluding hydrogens is 472 g/mol. The normalized spacial score (nSPS) is 16.2. The van der Waals surface area contributed by atoms with Crippen molar-refractivity contribution in [3.05, 3.63) is 64.0 Å². The molecule has 1 atom stereocenters. The second kappa shape index (κ2) is 14.3. The van der Waals surface area contributed by atoms with E-state index in [0.29, 0.717) is 30.6 Å². The van der Waals surface area contributed by atoms with Crippen molar-refractivity contribution < 1.29 is 14.3 Å². The van der Waals surface area contributed by atoms with Gasteiger partial charge in [-0.15, -0.1) is 0 Å². The molecule has 1 aromatic rings. The van der Waals surface area contributed by atoms with Gasteiger partial charge in [0.15, 0.2) is 0 Å². The number of ether oxygens (including phenoxy) is 2. The van der Waals surface area contributed by atoms with Crippen molar-refractivity contribution in [2.45, 2.75) is 79.2 Å². The molecule has 36 heavy (non-hydrogen) atoms. The first-order valence-corrected chi connectivity index (χ1v) is 13.4. The fourth-order valence-corrected chi connectivity index (χ4v) is 4.59. The minimum absolute atomic E-state index is 0.0892. The van der Waals surface area contributed by atoms with Crippen LogP contribution in [0.15, 0.2) is 52.9 Å². The Hall–Kier alpha value is -2.53. The van der Waals surface area contributed by atoms with Crippen molar-refractivity contribution in [1.29, 1.82) is 0 Å². The minimum atomic E-state index is -0.498. The van der Waals surface area contributed by atoms with Crippen LogP contribution >= 0.6 is 11.6 Å². The van der Waals surface area contributed by atoms with E-state index >= 15 is 0 Å². The van der Waals surface area contributed by atoms with Crippen molar-refractivity contribution in [1.82, 2.24) is 4.90 Å². The molecule has 0 bridgehead atoms. The summed E-state index contributed by atoms with van der Waals surface area (Å²) in [5.74, 6) is 0.418. The van der Waals surface area contributed by atoms with E-state index in [1.165, 1.54) is 11.1 Å². The number of likely N-dealkylation sites (tertiary alicyclic amines) is 1. The Labute approximate surface area is 222 Å². The van der Waals surface area contributed by atoms with Gasteiger partial charge in [-0.25, -0.2) is 4.79 Å². The summed E-state index contributed by atoms with van der Waals surface area (Å²) in [5, 5.41) is 0.696. The molecule has 0 radical (unpaired) electrons. The summed E-state index contributed by atoms with van der Waals surface area (Å²) >= 11 is 6.43. The first-order valence-electron chi connectivity index (χ1n) is 13.0. The van der Waals surface area contributed by atoms with Gasteiger partial charge in [0.2, 0.25) is 0 Å². The molecule has 0 N–H and O–H groups in total. The lowest BCUT2D eigenvalue weighted by Gasteiger charge is -2.38. The van der Waals surface area contributed by atoms with Gasteiger partial charge in [-0.3, -0.25) is 4.99 Å². The van der Waals surface area contributed by atoms with Crippen LogP contribution in [0, 0.1) is 5.92 Å². The second-order valence-electron chi connectivity index (χ2n) is 10.3. The van der Waals surface area contributed by atoms with Gasteiger partial charge in [0.25, 0.3) is 0 Å². The number of allylic oxidation sites excluding steroid dienone is 4. The first-order chi connectivity index (χ1) is 17.1. The van der Waals surface area contributed by atoms with Crippen LogP contribution in [0.1, 0.15) is 84.8 Å². The lowest BCUT2D eigenvalue weighted by atomic mass is 9.75. The zero-order valence-corrected chi connectivity index (χ0v) is 23.8. The molecule has 6 heteroatoms. The van der Waals surface area contributed by atoms with Gasteiger partial charge in [-0.2, -0.15) is 0 Å². The zero-order chi connectivity index (χ0) is 26.7. The van der Waals surface area contributed by atoms with E-state index < -0.39 is 5.60 Å². The van der Waals surface area contributed by atoms with E-state index in [9.17, 15) is 4.79 Å². The molecule has 1 aromatic carbocycles. The van der Waals surface area contributed by atoms with Crippen LogP contribution in [0.4, 0.5) is 4.79 Å². The quantitative estimate of drug-likeness (QED) is 0.189. The molecule has 0 aromatic heterocycles. The van der Waals surface area contributed by atoms with Crippen molar-refractivity contribution in [2.24, 2.45) is 10.9 Å². The van der Waals surface area contributed by atoms with Crippen molar-refractivity contribution in [2.75, 3.05) is 19.7 Å². The van der Waals surface area contributed by atoms with E-state index in [2.05, 4.69) is 32.9 Å². The van der Waals surface area contributed by atoms with Gasteiger partial charge in [0.1, 0.15) is 5.60 Å². The second-order valence-corrected chi connectivity index (χ2v) is 10.7. The highest BCUT2D eigenvalue weighted by molar-refractivity contribution is 6.30. The average molecular weight is 515 g/mol. The Morgan fingerprint density at radius 2 is 1.89 bits per heavy atom. The standard InChI is InChI=1S/C30H43ClN2O3/c1-8-17-32-28(22(3)4)27(23-15-18-33(19-16-23)29(34)36-30(5,6)7)26-14-13-25(31)21-24(26)12-10-11-20-35-9-2/h10-14,17,20-21,23,27H,8-9,15-16,18-19H2,1-7H3/b12-10+,20-11+,32-17?. The van der Waals surface area contributed by atoms with Crippen LogP contribution in [0.5, 0.6) is 0 Å². The van der Waals surface area contributed by atoms with Crippen molar-refractivity contribution in [3.63, 3.8) is 0 Å². The van der Waals surface area contributed by atoms with Crippen LogP contribution in [-0.4, -0.2) is 42.5 Å². The number of amides is 1. The third-order valence-electron chi connectivity index (χ3n) is 5.99. The van der Waals surface area contributed by atoms with Crippen LogP contribution < -0.4 is 0 Å². The highest BCUT2D eigenvalue weighted by Gasteiger charge is 2.34. The minimum Gasteiger partial charge on any atom is -0.501 e. The summed E-state index contributed by atoms with van der Waals surface area (Å²) < 4.78 is 10.9. The molecule has 5 nitrogen and oxygen atoms in total. The SMILES string of the molecule is CCC=NC(=C(C)C)C(c1ccc(Cl)cc1/C=C/C=C/OCC)C1CCN(C(=O)OC(C)(C)C)CC1. The number of nitrogens with zero attached hydrogens (tertiary/aromatic N) is 2. The lowest BCUT2D eigenvalue weighted by molar-refractivity contribution is 0.0178. The Kier molecular flexibility index (Phi) is 11.8. The number of hydrogen-bond donors (Lipinski definition) is 0. The molecule has 1 heterocycles. The monoisotopic (exact) mass is 514 g/mol. The maximum absolute atomic E-state index is 12.7. The Morgan fingerprint density at radius 3 is 2.47 bits per heavy atom. The highest BCUT2D eigenvalue weighted by Crippen LogP contribution is 2.42. The van der Waals surface area contributed by atoms with Gasteiger partial charge in [-0.1, -0.05) is 42.3 Å². The van der Waals surface area contributed by atoms with Crippen LogP contribution in [0.2, 0.25) is 5.02 Å². The fraction of sp³-hybridized carbons (Fsp3) is 0.533. The van der Waals surface area contributed by atoms with Crippen molar-refractivity contribution in [3.8, 4) is 0 Å². The molecule has 1 aliphatic heterocycles. The smallest absolute Gasteiger partial charge is 0.410 e. The number of benzene rings is 1. The lowest BCUT2D eigenvalue weighted by Crippen LogP contribution is -2.42. The number of rotatable bonds is 9. The van der Waals surface area contributed by atoms with Gasteiger partial charge >= 0.3 is 6.09 Å². The Bertz CT molecular complexity index is 976. The van der Waals surface area contributed by atoms with Gasteiger partial charge < -0.3 is 14.4 Å². The van der Waals surface area contributed by atoms with Crippen LogP contribution in [-0.2, 0) is 9.47 Å². The predicted molar refractivity (Wildman–Crippen MR) is 152 cm³/mol. The summed E-state index contributed by atoms with van der Waals surface area (Å²) in [7, 11) is 0. The number of aliphatic imine (C=N–C) groups is 1. The Balaban J connectivity index is 2.44. The molecule has 0 spiro atoms. The van der Waals surface area contributed by atoms with E-state index in [-0.39, 0.29) is 12.0 Å². The zero-order valence-electron chi connectivity index (χ0n) is 23.0. The summed E-state index contributed by atoms with van der Waals surface area (Å²) in [5.41, 5.74) is 4.05.